The number of halogens is 2. The molecular formula is C14H22Cl2N2O3. The van der Waals surface area contributed by atoms with Crippen LogP contribution < -0.4 is 10.5 Å². The summed E-state index contributed by atoms with van der Waals surface area (Å²) in [7, 11) is 1.64. The van der Waals surface area contributed by atoms with Crippen molar-refractivity contribution in [3.05, 3.63) is 29.8 Å². The van der Waals surface area contributed by atoms with Gasteiger partial charge in [-0.25, -0.2) is 0 Å². The number of ether oxygens (including phenoxy) is 1. The normalized spacial score (nSPS) is 19.2. The van der Waals surface area contributed by atoms with Crippen LogP contribution in [0.25, 0.3) is 0 Å². The van der Waals surface area contributed by atoms with Crippen molar-refractivity contribution in [3.8, 4) is 5.75 Å². The molecule has 5 nitrogen and oxygen atoms in total. The largest absolute Gasteiger partial charge is 0.496 e. The number of carbonyl (C=O) groups is 1. The van der Waals surface area contributed by atoms with E-state index in [9.17, 15) is 4.79 Å². The van der Waals surface area contributed by atoms with Gasteiger partial charge in [-0.3, -0.25) is 9.69 Å². The van der Waals surface area contributed by atoms with Gasteiger partial charge >= 0.3 is 5.97 Å². The fraction of sp³-hybridized carbons (Fsp3) is 0.500. The Hall–Kier alpha value is -1.01. The number of benzene rings is 1. The molecule has 1 aliphatic rings. The maximum atomic E-state index is 11.0. The number of nitrogens with zero attached hydrogens (tertiary/aromatic N) is 1. The number of para-hydroxylation sites is 1. The molecule has 0 spiro atoms. The molecule has 0 amide bonds. The van der Waals surface area contributed by atoms with Crippen molar-refractivity contribution in [1.82, 2.24) is 4.90 Å². The average Bonchev–Trinajstić information content (AvgIpc) is 2.90. The molecular weight excluding hydrogens is 315 g/mol. The molecule has 1 aliphatic heterocycles. The van der Waals surface area contributed by atoms with Gasteiger partial charge in [-0.1, -0.05) is 18.2 Å². The first-order valence-electron chi connectivity index (χ1n) is 6.47. The molecule has 7 heteroatoms. The van der Waals surface area contributed by atoms with Gasteiger partial charge in [0.05, 0.1) is 19.1 Å². The molecule has 21 heavy (non-hydrogen) atoms. The van der Waals surface area contributed by atoms with Crippen LogP contribution >= 0.6 is 24.8 Å². The van der Waals surface area contributed by atoms with Gasteiger partial charge in [-0.15, -0.1) is 24.8 Å². The van der Waals surface area contributed by atoms with Crippen LogP contribution in [-0.2, 0) is 4.79 Å². The van der Waals surface area contributed by atoms with E-state index >= 15 is 0 Å². The lowest BCUT2D eigenvalue weighted by atomic mass is 10.0. The molecule has 1 fully saturated rings. The Morgan fingerprint density at radius 3 is 2.67 bits per heavy atom. The van der Waals surface area contributed by atoms with Crippen LogP contribution in [0.15, 0.2) is 24.3 Å². The van der Waals surface area contributed by atoms with Crippen LogP contribution in [-0.4, -0.2) is 42.7 Å². The van der Waals surface area contributed by atoms with Crippen molar-refractivity contribution in [1.29, 1.82) is 0 Å². The maximum Gasteiger partial charge on any atom is 0.307 e. The van der Waals surface area contributed by atoms with E-state index in [1.807, 2.05) is 24.3 Å². The third kappa shape index (κ3) is 4.48. The van der Waals surface area contributed by atoms with Crippen molar-refractivity contribution >= 4 is 30.8 Å². The van der Waals surface area contributed by atoms with Crippen LogP contribution in [0.4, 0.5) is 0 Å². The molecule has 0 bridgehead atoms. The Kier molecular flexibility index (Phi) is 8.66. The Balaban J connectivity index is 0.00000200. The highest BCUT2D eigenvalue weighted by molar-refractivity contribution is 5.85. The van der Waals surface area contributed by atoms with Crippen LogP contribution in [0.1, 0.15) is 18.0 Å². The molecule has 1 aromatic rings. The molecule has 0 aromatic heterocycles. The molecule has 1 heterocycles. The molecule has 120 valence electrons. The molecule has 1 saturated heterocycles. The number of aliphatic carboxylic acids is 1. The highest BCUT2D eigenvalue weighted by Gasteiger charge is 2.33. The number of hydrogen-bond acceptors (Lipinski definition) is 4. The fourth-order valence-electron chi connectivity index (χ4n) is 2.69. The molecule has 2 unspecified atom stereocenters. The van der Waals surface area contributed by atoms with Crippen molar-refractivity contribution < 1.29 is 14.6 Å². The minimum atomic E-state index is -0.724. The second-order valence-corrected chi connectivity index (χ2v) is 4.81. The molecule has 2 atom stereocenters. The predicted molar refractivity (Wildman–Crippen MR) is 86.6 cm³/mol. The van der Waals surface area contributed by atoms with E-state index in [1.165, 1.54) is 0 Å². The summed E-state index contributed by atoms with van der Waals surface area (Å²) in [5.41, 5.74) is 6.91. The number of hydrogen-bond donors (Lipinski definition) is 2. The topological polar surface area (TPSA) is 75.8 Å². The van der Waals surface area contributed by atoms with E-state index in [0.29, 0.717) is 19.5 Å². The fourth-order valence-corrected chi connectivity index (χ4v) is 2.69. The van der Waals surface area contributed by atoms with Gasteiger partial charge < -0.3 is 15.6 Å². The van der Waals surface area contributed by atoms with Gasteiger partial charge in [0.25, 0.3) is 0 Å². The molecule has 0 radical (unpaired) electrons. The Labute approximate surface area is 137 Å². The first kappa shape index (κ1) is 20.0. The summed E-state index contributed by atoms with van der Waals surface area (Å²) >= 11 is 0. The summed E-state index contributed by atoms with van der Waals surface area (Å²) in [6.07, 6.45) is 0.682. The van der Waals surface area contributed by atoms with E-state index in [1.54, 1.807) is 7.11 Å². The van der Waals surface area contributed by atoms with Crippen LogP contribution in [0.3, 0.4) is 0 Å². The second kappa shape index (κ2) is 9.10. The summed E-state index contributed by atoms with van der Waals surface area (Å²) < 4.78 is 5.36. The molecule has 0 saturated carbocycles. The maximum absolute atomic E-state index is 11.0. The van der Waals surface area contributed by atoms with Crippen molar-refractivity contribution in [2.24, 2.45) is 11.7 Å². The first-order valence-corrected chi connectivity index (χ1v) is 6.47. The summed E-state index contributed by atoms with van der Waals surface area (Å²) in [5.74, 6) is -0.209. The minimum Gasteiger partial charge on any atom is -0.496 e. The minimum absolute atomic E-state index is 0. The number of rotatable bonds is 5. The third-order valence-corrected chi connectivity index (χ3v) is 3.73. The van der Waals surface area contributed by atoms with E-state index < -0.39 is 5.97 Å². The molecule has 1 aromatic carbocycles. The number of carboxylic acids is 1. The Morgan fingerprint density at radius 2 is 2.14 bits per heavy atom. The van der Waals surface area contributed by atoms with Crippen LogP contribution in [0, 0.1) is 5.92 Å². The Morgan fingerprint density at radius 1 is 1.48 bits per heavy atom. The van der Waals surface area contributed by atoms with Gasteiger partial charge in [-0.2, -0.15) is 0 Å². The van der Waals surface area contributed by atoms with E-state index in [-0.39, 0.29) is 36.8 Å². The van der Waals surface area contributed by atoms with E-state index in [4.69, 9.17) is 15.6 Å². The van der Waals surface area contributed by atoms with E-state index in [2.05, 4.69) is 4.90 Å². The standard InChI is InChI=1S/C14H20N2O3.2ClH/c1-19-13-5-3-2-4-11(13)12(8-15)16-7-6-10(9-16)14(17)18;;/h2-5,10,12H,6-9,15H2,1H3,(H,17,18);2*1H. The lowest BCUT2D eigenvalue weighted by molar-refractivity contribution is -0.141. The number of likely N-dealkylation sites (tertiary alicyclic amines) is 1. The molecule has 3 N–H and O–H groups in total. The number of nitrogens with two attached hydrogens (primary N) is 1. The third-order valence-electron chi connectivity index (χ3n) is 3.73. The smallest absolute Gasteiger partial charge is 0.307 e. The summed E-state index contributed by atoms with van der Waals surface area (Å²) in [4.78, 5) is 13.2. The summed E-state index contributed by atoms with van der Waals surface area (Å²) in [6, 6.07) is 7.78. The summed E-state index contributed by atoms with van der Waals surface area (Å²) in [6.45, 7) is 1.76. The van der Waals surface area contributed by atoms with Gasteiger partial charge in [0.1, 0.15) is 5.75 Å². The second-order valence-electron chi connectivity index (χ2n) is 4.81. The highest BCUT2D eigenvalue weighted by Crippen LogP contribution is 2.32. The van der Waals surface area contributed by atoms with Gasteiger partial charge in [0.15, 0.2) is 0 Å². The monoisotopic (exact) mass is 336 g/mol. The molecule has 2 rings (SSSR count). The SMILES string of the molecule is COc1ccccc1C(CN)N1CCC(C(=O)O)C1.Cl.Cl. The number of carboxylic acid groups (broad SMARTS) is 1. The summed E-state index contributed by atoms with van der Waals surface area (Å²) in [5, 5.41) is 9.07. The quantitative estimate of drug-likeness (QED) is 0.859. The highest BCUT2D eigenvalue weighted by atomic mass is 35.5. The van der Waals surface area contributed by atoms with Crippen molar-refractivity contribution in [2.45, 2.75) is 12.5 Å². The van der Waals surface area contributed by atoms with Crippen molar-refractivity contribution in [2.75, 3.05) is 26.7 Å². The average molecular weight is 337 g/mol. The zero-order chi connectivity index (χ0) is 13.8. The van der Waals surface area contributed by atoms with Crippen LogP contribution in [0.2, 0.25) is 0 Å². The molecule has 0 aliphatic carbocycles. The zero-order valence-electron chi connectivity index (χ0n) is 11.9. The first-order chi connectivity index (χ1) is 9.17. The van der Waals surface area contributed by atoms with Crippen LogP contribution in [0.5, 0.6) is 5.75 Å². The lowest BCUT2D eigenvalue weighted by Gasteiger charge is -2.28. The van der Waals surface area contributed by atoms with Crippen molar-refractivity contribution in [3.63, 3.8) is 0 Å². The van der Waals surface area contributed by atoms with Gasteiger partial charge in [0.2, 0.25) is 0 Å². The lowest BCUT2D eigenvalue weighted by Crippen LogP contribution is -2.33. The number of methoxy groups -OCH3 is 1. The van der Waals surface area contributed by atoms with Gasteiger partial charge in [0, 0.05) is 18.7 Å². The Bertz CT molecular complexity index is 460. The zero-order valence-corrected chi connectivity index (χ0v) is 13.5. The van der Waals surface area contributed by atoms with Gasteiger partial charge in [-0.05, 0) is 19.0 Å². The predicted octanol–water partition coefficient (Wildman–Crippen LogP) is 1.95. The van der Waals surface area contributed by atoms with E-state index in [0.717, 1.165) is 17.9 Å².